The lowest BCUT2D eigenvalue weighted by Gasteiger charge is -2.08. The molecule has 20 heavy (non-hydrogen) atoms. The molecule has 0 aliphatic heterocycles. The van der Waals surface area contributed by atoms with Crippen molar-refractivity contribution in [1.82, 2.24) is 20.1 Å². The summed E-state index contributed by atoms with van der Waals surface area (Å²) in [7, 11) is 0. The lowest BCUT2D eigenvalue weighted by Crippen LogP contribution is -2.23. The maximum absolute atomic E-state index is 11.8. The van der Waals surface area contributed by atoms with Gasteiger partial charge >= 0.3 is 0 Å². The number of hydrogen-bond donors (Lipinski definition) is 2. The topological polar surface area (TPSA) is 71.8 Å². The summed E-state index contributed by atoms with van der Waals surface area (Å²) in [6.45, 7) is 0.738. The molecule has 1 saturated carbocycles. The third-order valence-electron chi connectivity index (χ3n) is 3.21. The van der Waals surface area contributed by atoms with Crippen LogP contribution in [0.3, 0.4) is 0 Å². The molecule has 0 bridgehead atoms. The lowest BCUT2D eigenvalue weighted by atomic mass is 10.2. The van der Waals surface area contributed by atoms with Crippen LogP contribution in [0.1, 0.15) is 19.3 Å². The van der Waals surface area contributed by atoms with Crippen molar-refractivity contribution in [2.45, 2.75) is 25.3 Å². The molecule has 2 N–H and O–H groups in total. The molecule has 0 saturated heterocycles. The maximum Gasteiger partial charge on any atom is 0.225 e. The molecule has 0 unspecified atom stereocenters. The third-order valence-corrected chi connectivity index (χ3v) is 3.21. The molecule has 1 aromatic carbocycles. The Balaban J connectivity index is 1.56. The van der Waals surface area contributed by atoms with E-state index < -0.39 is 0 Å². The fraction of sp³-hybridized carbons (Fsp3) is 0.357. The Morgan fingerprint density at radius 3 is 2.85 bits per heavy atom. The first-order chi connectivity index (χ1) is 9.81. The zero-order valence-corrected chi connectivity index (χ0v) is 11.1. The van der Waals surface area contributed by atoms with Gasteiger partial charge in [0, 0.05) is 24.7 Å². The average molecular weight is 271 g/mol. The second-order valence-corrected chi connectivity index (χ2v) is 4.95. The number of anilines is 1. The first kappa shape index (κ1) is 12.8. The van der Waals surface area contributed by atoms with Crippen molar-refractivity contribution < 1.29 is 4.79 Å². The summed E-state index contributed by atoms with van der Waals surface area (Å²) in [4.78, 5) is 11.8. The minimum atomic E-state index is 0.0269. The molecule has 3 rings (SSSR count). The average Bonchev–Trinajstić information content (AvgIpc) is 3.10. The first-order valence-corrected chi connectivity index (χ1v) is 6.79. The number of nitrogens with one attached hydrogen (secondary N) is 2. The molecule has 1 aromatic heterocycles. The Bertz CT molecular complexity index is 577. The molecular formula is C14H17N5O. The van der Waals surface area contributed by atoms with Crippen molar-refractivity contribution in [3.63, 3.8) is 0 Å². The van der Waals surface area contributed by atoms with Crippen LogP contribution in [-0.2, 0) is 4.79 Å². The highest BCUT2D eigenvalue weighted by Crippen LogP contribution is 2.18. The minimum Gasteiger partial charge on any atom is -0.326 e. The number of nitrogens with zero attached hydrogens (tertiary/aromatic N) is 3. The molecule has 1 amide bonds. The molecule has 0 radical (unpaired) electrons. The van der Waals surface area contributed by atoms with Crippen molar-refractivity contribution in [2.75, 3.05) is 11.9 Å². The molecule has 6 heteroatoms. The zero-order chi connectivity index (χ0) is 13.8. The highest BCUT2D eigenvalue weighted by Gasteiger charge is 2.20. The van der Waals surface area contributed by atoms with Gasteiger partial charge in [-0.25, -0.2) is 0 Å². The van der Waals surface area contributed by atoms with E-state index in [0.29, 0.717) is 12.5 Å². The smallest absolute Gasteiger partial charge is 0.225 e. The molecular weight excluding hydrogens is 254 g/mol. The van der Waals surface area contributed by atoms with Crippen molar-refractivity contribution in [1.29, 1.82) is 0 Å². The van der Waals surface area contributed by atoms with Crippen molar-refractivity contribution in [3.05, 3.63) is 36.9 Å². The Hall–Kier alpha value is -2.21. The van der Waals surface area contributed by atoms with Crippen LogP contribution >= 0.6 is 0 Å². The quantitative estimate of drug-likeness (QED) is 0.832. The molecule has 1 heterocycles. The van der Waals surface area contributed by atoms with E-state index in [2.05, 4.69) is 20.8 Å². The maximum atomic E-state index is 11.8. The highest BCUT2D eigenvalue weighted by molar-refractivity contribution is 5.91. The van der Waals surface area contributed by atoms with E-state index >= 15 is 0 Å². The summed E-state index contributed by atoms with van der Waals surface area (Å²) in [5.74, 6) is 0.0269. The molecule has 1 aliphatic carbocycles. The van der Waals surface area contributed by atoms with Gasteiger partial charge in [0.15, 0.2) is 0 Å². The number of rotatable bonds is 6. The van der Waals surface area contributed by atoms with Gasteiger partial charge in [-0.2, -0.15) is 0 Å². The van der Waals surface area contributed by atoms with Crippen LogP contribution in [0.5, 0.6) is 0 Å². The van der Waals surface area contributed by atoms with Crippen LogP contribution in [0.2, 0.25) is 0 Å². The fourth-order valence-corrected chi connectivity index (χ4v) is 1.98. The van der Waals surface area contributed by atoms with E-state index in [1.165, 1.54) is 12.8 Å². The Morgan fingerprint density at radius 2 is 2.10 bits per heavy atom. The van der Waals surface area contributed by atoms with Crippen LogP contribution in [-0.4, -0.2) is 33.3 Å². The zero-order valence-electron chi connectivity index (χ0n) is 11.1. The van der Waals surface area contributed by atoms with Gasteiger partial charge in [0.1, 0.15) is 12.7 Å². The first-order valence-electron chi connectivity index (χ1n) is 6.79. The predicted molar refractivity (Wildman–Crippen MR) is 75.6 cm³/mol. The molecule has 1 fully saturated rings. The summed E-state index contributed by atoms with van der Waals surface area (Å²) >= 11 is 0. The Labute approximate surface area is 117 Å². The summed E-state index contributed by atoms with van der Waals surface area (Å²) in [5, 5.41) is 13.8. The summed E-state index contributed by atoms with van der Waals surface area (Å²) < 4.78 is 1.80. The van der Waals surface area contributed by atoms with E-state index in [1.54, 1.807) is 17.2 Å². The molecule has 1 aliphatic rings. The van der Waals surface area contributed by atoms with Gasteiger partial charge in [0.2, 0.25) is 5.91 Å². The monoisotopic (exact) mass is 271 g/mol. The minimum absolute atomic E-state index is 0.0269. The number of carbonyl (C=O) groups is 1. The standard InChI is InChI=1S/C14H17N5O/c20-14(6-7-15-11-4-5-11)18-12-2-1-3-13(8-12)19-9-16-17-10-19/h1-3,8-11,15H,4-7H2,(H,18,20). The fourth-order valence-electron chi connectivity index (χ4n) is 1.98. The summed E-state index contributed by atoms with van der Waals surface area (Å²) in [5.41, 5.74) is 1.71. The number of aromatic nitrogens is 3. The van der Waals surface area contributed by atoms with E-state index in [0.717, 1.165) is 17.9 Å². The normalized spacial score (nSPS) is 14.2. The second kappa shape index (κ2) is 5.83. The van der Waals surface area contributed by atoms with Crippen LogP contribution in [0.15, 0.2) is 36.9 Å². The Morgan fingerprint density at radius 1 is 1.30 bits per heavy atom. The number of carbonyl (C=O) groups excluding carboxylic acids is 1. The third kappa shape index (κ3) is 3.42. The summed E-state index contributed by atoms with van der Waals surface area (Å²) in [6.07, 6.45) is 6.22. The molecule has 6 nitrogen and oxygen atoms in total. The summed E-state index contributed by atoms with van der Waals surface area (Å²) in [6, 6.07) is 8.25. The molecule has 2 aromatic rings. The van der Waals surface area contributed by atoms with Gasteiger partial charge in [-0.05, 0) is 31.0 Å². The van der Waals surface area contributed by atoms with Gasteiger partial charge in [-0.1, -0.05) is 6.07 Å². The number of amides is 1. The number of hydrogen-bond acceptors (Lipinski definition) is 4. The Kier molecular flexibility index (Phi) is 3.73. The highest BCUT2D eigenvalue weighted by atomic mass is 16.1. The van der Waals surface area contributed by atoms with Gasteiger partial charge in [0.05, 0.1) is 5.69 Å². The van der Waals surface area contributed by atoms with Crippen molar-refractivity contribution in [3.8, 4) is 5.69 Å². The second-order valence-electron chi connectivity index (χ2n) is 4.95. The van der Waals surface area contributed by atoms with Gasteiger partial charge < -0.3 is 10.6 Å². The van der Waals surface area contributed by atoms with Crippen LogP contribution < -0.4 is 10.6 Å². The number of benzene rings is 1. The van der Waals surface area contributed by atoms with Crippen LogP contribution in [0.25, 0.3) is 5.69 Å². The van der Waals surface area contributed by atoms with Gasteiger partial charge in [-0.3, -0.25) is 9.36 Å². The SMILES string of the molecule is O=C(CCNC1CC1)Nc1cccc(-n2cnnc2)c1. The van der Waals surface area contributed by atoms with Crippen molar-refractivity contribution >= 4 is 11.6 Å². The van der Waals surface area contributed by atoms with Gasteiger partial charge in [0.25, 0.3) is 0 Å². The van der Waals surface area contributed by atoms with E-state index in [1.807, 2.05) is 24.3 Å². The van der Waals surface area contributed by atoms with E-state index in [-0.39, 0.29) is 5.91 Å². The molecule has 0 atom stereocenters. The lowest BCUT2D eigenvalue weighted by molar-refractivity contribution is -0.116. The van der Waals surface area contributed by atoms with Crippen LogP contribution in [0.4, 0.5) is 5.69 Å². The van der Waals surface area contributed by atoms with Crippen LogP contribution in [0, 0.1) is 0 Å². The van der Waals surface area contributed by atoms with Crippen molar-refractivity contribution in [2.24, 2.45) is 0 Å². The molecule has 104 valence electrons. The van der Waals surface area contributed by atoms with E-state index in [4.69, 9.17) is 0 Å². The van der Waals surface area contributed by atoms with Gasteiger partial charge in [-0.15, -0.1) is 10.2 Å². The molecule has 0 spiro atoms. The predicted octanol–water partition coefficient (Wildman–Crippen LogP) is 1.35. The van der Waals surface area contributed by atoms with E-state index in [9.17, 15) is 4.79 Å². The largest absolute Gasteiger partial charge is 0.326 e.